The maximum Gasteiger partial charge on any atom is 0.140 e. The maximum absolute atomic E-state index is 4.36. The molecule has 1 aliphatic rings. The first kappa shape index (κ1) is 11.7. The lowest BCUT2D eigenvalue weighted by atomic mass is 10.1. The zero-order valence-electron chi connectivity index (χ0n) is 8.34. The molecule has 1 aromatic heterocycles. The van der Waals surface area contributed by atoms with Gasteiger partial charge in [0.25, 0.3) is 0 Å². The van der Waals surface area contributed by atoms with Crippen LogP contribution in [0.25, 0.3) is 0 Å². The van der Waals surface area contributed by atoms with Crippen LogP contribution in [0.2, 0.25) is 0 Å². The van der Waals surface area contributed by atoms with Crippen molar-refractivity contribution in [2.45, 2.75) is 13.0 Å². The summed E-state index contributed by atoms with van der Waals surface area (Å²) in [5, 5.41) is 3.49. The van der Waals surface area contributed by atoms with Crippen molar-refractivity contribution in [2.24, 2.45) is 5.92 Å². The molecule has 0 radical (unpaired) electrons. The molecule has 1 fully saturated rings. The van der Waals surface area contributed by atoms with E-state index in [4.69, 9.17) is 0 Å². The minimum Gasteiger partial charge on any atom is -0.365 e. The molecule has 5 heteroatoms. The number of hydrogen-bond acceptors (Lipinski definition) is 3. The highest BCUT2D eigenvalue weighted by molar-refractivity contribution is 9.11. The number of pyridine rings is 1. The molecule has 1 aromatic rings. The van der Waals surface area contributed by atoms with Gasteiger partial charge in [-0.1, -0.05) is 6.92 Å². The number of thioether (sulfide) groups is 1. The van der Waals surface area contributed by atoms with Gasteiger partial charge in [-0.05, 0) is 49.6 Å². The predicted molar refractivity (Wildman–Crippen MR) is 73.5 cm³/mol. The monoisotopic (exact) mass is 350 g/mol. The zero-order chi connectivity index (χ0) is 10.8. The number of hydrogen-bond donors (Lipinski definition) is 1. The summed E-state index contributed by atoms with van der Waals surface area (Å²) in [4.78, 5) is 4.36. The van der Waals surface area contributed by atoms with Crippen molar-refractivity contribution < 1.29 is 0 Å². The molecule has 82 valence electrons. The molecule has 2 unspecified atom stereocenters. The molecule has 0 aromatic carbocycles. The third-order valence-electron chi connectivity index (χ3n) is 2.49. The molecule has 2 atom stereocenters. The van der Waals surface area contributed by atoms with Crippen LogP contribution in [0.3, 0.4) is 0 Å². The Morgan fingerprint density at radius 3 is 2.87 bits per heavy atom. The third-order valence-corrected chi connectivity index (χ3v) is 4.89. The van der Waals surface area contributed by atoms with Crippen LogP contribution in [0.5, 0.6) is 0 Å². The smallest absolute Gasteiger partial charge is 0.140 e. The average molecular weight is 352 g/mol. The second kappa shape index (κ2) is 5.06. The van der Waals surface area contributed by atoms with Crippen molar-refractivity contribution in [3.05, 3.63) is 21.2 Å². The topological polar surface area (TPSA) is 24.9 Å². The molecule has 0 amide bonds. The van der Waals surface area contributed by atoms with Gasteiger partial charge in [-0.2, -0.15) is 11.8 Å². The van der Waals surface area contributed by atoms with Crippen LogP contribution in [-0.2, 0) is 0 Å². The Hall–Kier alpha value is 0.260. The molecule has 2 heterocycles. The number of halogens is 2. The van der Waals surface area contributed by atoms with E-state index in [0.29, 0.717) is 12.0 Å². The fourth-order valence-corrected chi connectivity index (χ4v) is 4.05. The Labute approximate surface area is 111 Å². The van der Waals surface area contributed by atoms with Crippen LogP contribution in [0.15, 0.2) is 21.2 Å². The lowest BCUT2D eigenvalue weighted by Crippen LogP contribution is -2.26. The molecule has 1 saturated heterocycles. The van der Waals surface area contributed by atoms with Crippen LogP contribution in [-0.4, -0.2) is 22.5 Å². The van der Waals surface area contributed by atoms with E-state index in [0.717, 1.165) is 14.8 Å². The summed E-state index contributed by atoms with van der Waals surface area (Å²) in [6, 6.07) is 2.56. The zero-order valence-corrected chi connectivity index (χ0v) is 12.3. The first-order chi connectivity index (χ1) is 7.16. The maximum atomic E-state index is 4.36. The Kier molecular flexibility index (Phi) is 3.96. The lowest BCUT2D eigenvalue weighted by Gasteiger charge is -2.17. The number of nitrogens with zero attached hydrogens (tertiary/aromatic N) is 1. The van der Waals surface area contributed by atoms with Gasteiger partial charge in [0.05, 0.1) is 4.47 Å². The molecular weight excluding hydrogens is 340 g/mol. The van der Waals surface area contributed by atoms with E-state index >= 15 is 0 Å². The minimum absolute atomic E-state index is 0.542. The molecule has 0 aliphatic carbocycles. The van der Waals surface area contributed by atoms with Crippen molar-refractivity contribution in [3.8, 4) is 0 Å². The van der Waals surface area contributed by atoms with E-state index in [1.54, 1.807) is 0 Å². The second-order valence-electron chi connectivity index (χ2n) is 3.75. The van der Waals surface area contributed by atoms with Gasteiger partial charge in [0.2, 0.25) is 0 Å². The summed E-state index contributed by atoms with van der Waals surface area (Å²) >= 11 is 8.91. The second-order valence-corrected chi connectivity index (χ2v) is 6.59. The Balaban J connectivity index is 2.10. The highest BCUT2D eigenvalue weighted by Crippen LogP contribution is 2.29. The van der Waals surface area contributed by atoms with Gasteiger partial charge in [-0.15, -0.1) is 0 Å². The molecular formula is C10H12Br2N2S. The Morgan fingerprint density at radius 2 is 2.27 bits per heavy atom. The van der Waals surface area contributed by atoms with E-state index in [9.17, 15) is 0 Å². The lowest BCUT2D eigenvalue weighted by molar-refractivity contribution is 0.597. The molecule has 15 heavy (non-hydrogen) atoms. The van der Waals surface area contributed by atoms with Crippen molar-refractivity contribution in [3.63, 3.8) is 0 Å². The molecule has 0 spiro atoms. The SMILES string of the molecule is CC1CSCC1Nc1ncc(Br)cc1Br. The van der Waals surface area contributed by atoms with Gasteiger partial charge in [0.1, 0.15) is 5.82 Å². The van der Waals surface area contributed by atoms with Gasteiger partial charge in [0, 0.05) is 22.5 Å². The van der Waals surface area contributed by atoms with Crippen LogP contribution in [0, 0.1) is 5.92 Å². The first-order valence-electron chi connectivity index (χ1n) is 4.82. The van der Waals surface area contributed by atoms with Crippen LogP contribution in [0.4, 0.5) is 5.82 Å². The van der Waals surface area contributed by atoms with Gasteiger partial charge >= 0.3 is 0 Å². The van der Waals surface area contributed by atoms with E-state index in [-0.39, 0.29) is 0 Å². The summed E-state index contributed by atoms with van der Waals surface area (Å²) in [5.41, 5.74) is 0. The number of rotatable bonds is 2. The molecule has 0 saturated carbocycles. The highest BCUT2D eigenvalue weighted by Gasteiger charge is 2.24. The minimum atomic E-state index is 0.542. The van der Waals surface area contributed by atoms with Gasteiger partial charge in [0.15, 0.2) is 0 Å². The van der Waals surface area contributed by atoms with Crippen LogP contribution >= 0.6 is 43.6 Å². The number of aromatic nitrogens is 1. The van der Waals surface area contributed by atoms with E-state index < -0.39 is 0 Å². The van der Waals surface area contributed by atoms with Gasteiger partial charge in [-0.25, -0.2) is 4.98 Å². The van der Waals surface area contributed by atoms with Crippen molar-refractivity contribution in [1.29, 1.82) is 0 Å². The number of anilines is 1. The quantitative estimate of drug-likeness (QED) is 0.877. The third kappa shape index (κ3) is 2.88. The average Bonchev–Trinajstić information content (AvgIpc) is 2.57. The summed E-state index contributed by atoms with van der Waals surface area (Å²) in [6.45, 7) is 2.28. The van der Waals surface area contributed by atoms with E-state index in [1.165, 1.54) is 11.5 Å². The molecule has 1 N–H and O–H groups in total. The van der Waals surface area contributed by atoms with Crippen molar-refractivity contribution in [2.75, 3.05) is 16.8 Å². The Morgan fingerprint density at radius 1 is 1.47 bits per heavy atom. The van der Waals surface area contributed by atoms with Gasteiger partial charge < -0.3 is 5.32 Å². The summed E-state index contributed by atoms with van der Waals surface area (Å²) in [6.07, 6.45) is 1.82. The van der Waals surface area contributed by atoms with Crippen LogP contribution in [0.1, 0.15) is 6.92 Å². The summed E-state index contributed by atoms with van der Waals surface area (Å²) in [5.74, 6) is 4.07. The Bertz CT molecular complexity index is 359. The normalized spacial score (nSPS) is 25.5. The molecule has 2 rings (SSSR count). The fraction of sp³-hybridized carbons (Fsp3) is 0.500. The first-order valence-corrected chi connectivity index (χ1v) is 7.56. The van der Waals surface area contributed by atoms with Crippen molar-refractivity contribution in [1.82, 2.24) is 4.98 Å². The van der Waals surface area contributed by atoms with Crippen molar-refractivity contribution >= 4 is 49.4 Å². The summed E-state index contributed by atoms with van der Waals surface area (Å²) < 4.78 is 2.01. The highest BCUT2D eigenvalue weighted by atomic mass is 79.9. The number of nitrogens with one attached hydrogen (secondary N) is 1. The largest absolute Gasteiger partial charge is 0.365 e. The molecule has 1 aliphatic heterocycles. The fourth-order valence-electron chi connectivity index (χ4n) is 1.54. The van der Waals surface area contributed by atoms with Gasteiger partial charge in [-0.3, -0.25) is 0 Å². The van der Waals surface area contributed by atoms with E-state index in [2.05, 4.69) is 49.1 Å². The standard InChI is InChI=1S/C10H12Br2N2S/c1-6-4-15-5-9(6)14-10-8(12)2-7(11)3-13-10/h2-3,6,9H,4-5H2,1H3,(H,13,14). The molecule has 2 nitrogen and oxygen atoms in total. The molecule has 0 bridgehead atoms. The summed E-state index contributed by atoms with van der Waals surface area (Å²) in [7, 11) is 0. The van der Waals surface area contributed by atoms with E-state index in [1.807, 2.05) is 24.0 Å². The van der Waals surface area contributed by atoms with Crippen LogP contribution < -0.4 is 5.32 Å². The predicted octanol–water partition coefficient (Wildman–Crippen LogP) is 3.77.